The minimum Gasteiger partial charge on any atom is -0.354 e. The number of rotatable bonds is 3. The van der Waals surface area contributed by atoms with Crippen LogP contribution in [0.3, 0.4) is 0 Å². The molecular weight excluding hydrogens is 198 g/mol. The van der Waals surface area contributed by atoms with Crippen LogP contribution in [0.2, 0.25) is 0 Å². The van der Waals surface area contributed by atoms with Crippen molar-refractivity contribution in [2.75, 3.05) is 11.9 Å². The number of hydrogen-bond acceptors (Lipinski definition) is 3. The Labute approximate surface area is 95.8 Å². The summed E-state index contributed by atoms with van der Waals surface area (Å²) >= 11 is 0. The lowest BCUT2D eigenvalue weighted by Crippen LogP contribution is -2.19. The molecule has 0 fully saturated rings. The Bertz CT molecular complexity index is 454. The first-order valence-corrected chi connectivity index (χ1v) is 5.30. The van der Waals surface area contributed by atoms with E-state index in [1.165, 1.54) is 5.56 Å². The standard InChI is InChI=1S/C13H15N3/c1-11-13(15-9-8-14-11)16(2)10-12-6-4-3-5-7-12/h3-9H,10H2,1-2H3. The Morgan fingerprint density at radius 2 is 1.75 bits per heavy atom. The fraction of sp³-hybridized carbons (Fsp3) is 0.231. The summed E-state index contributed by atoms with van der Waals surface area (Å²) in [5.74, 6) is 0.936. The molecule has 0 saturated carbocycles. The number of aromatic nitrogens is 2. The Kier molecular flexibility index (Phi) is 3.15. The van der Waals surface area contributed by atoms with E-state index in [0.29, 0.717) is 0 Å². The summed E-state index contributed by atoms with van der Waals surface area (Å²) in [7, 11) is 2.03. The molecule has 0 aliphatic carbocycles. The van der Waals surface area contributed by atoms with Crippen LogP contribution in [0, 0.1) is 6.92 Å². The molecule has 1 aromatic carbocycles. The van der Waals surface area contributed by atoms with E-state index in [-0.39, 0.29) is 0 Å². The second-order valence-electron chi connectivity index (χ2n) is 3.81. The van der Waals surface area contributed by atoms with Gasteiger partial charge in [-0.15, -0.1) is 0 Å². The van der Waals surface area contributed by atoms with Gasteiger partial charge in [0.2, 0.25) is 0 Å². The molecule has 0 unspecified atom stereocenters. The predicted octanol–water partition coefficient (Wildman–Crippen LogP) is 2.42. The zero-order chi connectivity index (χ0) is 11.4. The van der Waals surface area contributed by atoms with E-state index >= 15 is 0 Å². The third-order valence-corrected chi connectivity index (χ3v) is 2.48. The zero-order valence-corrected chi connectivity index (χ0v) is 9.59. The zero-order valence-electron chi connectivity index (χ0n) is 9.59. The molecule has 0 N–H and O–H groups in total. The monoisotopic (exact) mass is 213 g/mol. The van der Waals surface area contributed by atoms with Gasteiger partial charge in [0.05, 0.1) is 5.69 Å². The van der Waals surface area contributed by atoms with E-state index in [2.05, 4.69) is 27.0 Å². The van der Waals surface area contributed by atoms with E-state index in [9.17, 15) is 0 Å². The van der Waals surface area contributed by atoms with Gasteiger partial charge in [-0.1, -0.05) is 30.3 Å². The number of benzene rings is 1. The van der Waals surface area contributed by atoms with Gasteiger partial charge < -0.3 is 4.90 Å². The molecule has 0 spiro atoms. The van der Waals surface area contributed by atoms with Crippen molar-refractivity contribution in [2.45, 2.75) is 13.5 Å². The highest BCUT2D eigenvalue weighted by molar-refractivity contribution is 5.42. The third-order valence-electron chi connectivity index (χ3n) is 2.48. The van der Waals surface area contributed by atoms with Crippen molar-refractivity contribution in [1.82, 2.24) is 9.97 Å². The van der Waals surface area contributed by atoms with E-state index in [1.807, 2.05) is 32.2 Å². The van der Waals surface area contributed by atoms with E-state index < -0.39 is 0 Å². The summed E-state index contributed by atoms with van der Waals surface area (Å²) in [5.41, 5.74) is 2.23. The van der Waals surface area contributed by atoms with Gasteiger partial charge in [0.1, 0.15) is 5.82 Å². The lowest BCUT2D eigenvalue weighted by atomic mass is 10.2. The van der Waals surface area contributed by atoms with Crippen LogP contribution in [-0.2, 0) is 6.54 Å². The number of nitrogens with zero attached hydrogens (tertiary/aromatic N) is 3. The Hall–Kier alpha value is -1.90. The van der Waals surface area contributed by atoms with Gasteiger partial charge in [-0.05, 0) is 12.5 Å². The smallest absolute Gasteiger partial charge is 0.150 e. The van der Waals surface area contributed by atoms with Gasteiger partial charge in [0, 0.05) is 26.0 Å². The molecule has 0 atom stereocenters. The molecule has 1 heterocycles. The van der Waals surface area contributed by atoms with Crippen LogP contribution < -0.4 is 4.90 Å². The third kappa shape index (κ3) is 2.37. The summed E-state index contributed by atoms with van der Waals surface area (Å²) in [5, 5.41) is 0. The fourth-order valence-electron chi connectivity index (χ4n) is 1.71. The molecule has 2 aromatic rings. The largest absolute Gasteiger partial charge is 0.354 e. The Morgan fingerprint density at radius 3 is 2.44 bits per heavy atom. The summed E-state index contributed by atoms with van der Waals surface area (Å²) in [6.07, 6.45) is 3.44. The SMILES string of the molecule is Cc1nccnc1N(C)Cc1ccccc1. The lowest BCUT2D eigenvalue weighted by molar-refractivity contribution is 0.878. The van der Waals surface area contributed by atoms with E-state index in [1.54, 1.807) is 12.4 Å². The molecule has 0 radical (unpaired) electrons. The molecule has 3 nitrogen and oxygen atoms in total. The van der Waals surface area contributed by atoms with Crippen molar-refractivity contribution in [3.05, 3.63) is 54.0 Å². The quantitative estimate of drug-likeness (QED) is 0.784. The van der Waals surface area contributed by atoms with Gasteiger partial charge in [0.25, 0.3) is 0 Å². The first-order valence-electron chi connectivity index (χ1n) is 5.30. The first-order chi connectivity index (χ1) is 7.77. The van der Waals surface area contributed by atoms with Crippen LogP contribution in [0.4, 0.5) is 5.82 Å². The highest BCUT2D eigenvalue weighted by Crippen LogP contribution is 2.14. The number of hydrogen-bond donors (Lipinski definition) is 0. The van der Waals surface area contributed by atoms with Gasteiger partial charge >= 0.3 is 0 Å². The highest BCUT2D eigenvalue weighted by Gasteiger charge is 2.06. The molecule has 1 aromatic heterocycles. The minimum atomic E-state index is 0.848. The van der Waals surface area contributed by atoms with Gasteiger partial charge in [0.15, 0.2) is 0 Å². The summed E-state index contributed by atoms with van der Waals surface area (Å²) in [6, 6.07) is 10.3. The minimum absolute atomic E-state index is 0.848. The maximum Gasteiger partial charge on any atom is 0.150 e. The van der Waals surface area contributed by atoms with Crippen molar-refractivity contribution in [2.24, 2.45) is 0 Å². The molecule has 16 heavy (non-hydrogen) atoms. The molecule has 0 amide bonds. The Balaban J connectivity index is 2.15. The molecule has 0 bridgehead atoms. The maximum atomic E-state index is 4.34. The van der Waals surface area contributed by atoms with Crippen LogP contribution in [0.1, 0.15) is 11.3 Å². The second kappa shape index (κ2) is 4.75. The topological polar surface area (TPSA) is 29.0 Å². The van der Waals surface area contributed by atoms with Crippen LogP contribution in [0.15, 0.2) is 42.7 Å². The van der Waals surface area contributed by atoms with Crippen molar-refractivity contribution in [3.63, 3.8) is 0 Å². The van der Waals surface area contributed by atoms with E-state index in [4.69, 9.17) is 0 Å². The van der Waals surface area contributed by atoms with Crippen LogP contribution in [0.25, 0.3) is 0 Å². The summed E-state index contributed by atoms with van der Waals surface area (Å²) in [6.45, 7) is 2.82. The first kappa shape index (κ1) is 10.6. The summed E-state index contributed by atoms with van der Waals surface area (Å²) < 4.78 is 0. The second-order valence-corrected chi connectivity index (χ2v) is 3.81. The van der Waals surface area contributed by atoms with Crippen molar-refractivity contribution >= 4 is 5.82 Å². The molecule has 0 saturated heterocycles. The normalized spacial score (nSPS) is 10.1. The average Bonchev–Trinajstić information content (AvgIpc) is 2.31. The average molecular weight is 213 g/mol. The molecule has 0 aliphatic rings. The van der Waals surface area contributed by atoms with Crippen LogP contribution >= 0.6 is 0 Å². The molecule has 2 rings (SSSR count). The van der Waals surface area contributed by atoms with Gasteiger partial charge in [-0.2, -0.15) is 0 Å². The lowest BCUT2D eigenvalue weighted by Gasteiger charge is -2.19. The van der Waals surface area contributed by atoms with Gasteiger partial charge in [-0.25, -0.2) is 4.98 Å². The number of anilines is 1. The van der Waals surface area contributed by atoms with Gasteiger partial charge in [-0.3, -0.25) is 4.98 Å². The molecule has 82 valence electrons. The molecule has 0 aliphatic heterocycles. The van der Waals surface area contributed by atoms with Crippen molar-refractivity contribution in [1.29, 1.82) is 0 Å². The van der Waals surface area contributed by atoms with Crippen LogP contribution in [0.5, 0.6) is 0 Å². The number of aryl methyl sites for hydroxylation is 1. The highest BCUT2D eigenvalue weighted by atomic mass is 15.2. The maximum absolute atomic E-state index is 4.34. The Morgan fingerprint density at radius 1 is 1.06 bits per heavy atom. The molecular formula is C13H15N3. The fourth-order valence-corrected chi connectivity index (χ4v) is 1.71. The van der Waals surface area contributed by atoms with Crippen molar-refractivity contribution < 1.29 is 0 Å². The molecule has 3 heteroatoms. The predicted molar refractivity (Wildman–Crippen MR) is 65.3 cm³/mol. The van der Waals surface area contributed by atoms with Crippen LogP contribution in [-0.4, -0.2) is 17.0 Å². The summed E-state index contributed by atoms with van der Waals surface area (Å²) in [4.78, 5) is 10.7. The van der Waals surface area contributed by atoms with E-state index in [0.717, 1.165) is 18.1 Å². The van der Waals surface area contributed by atoms with Crippen molar-refractivity contribution in [3.8, 4) is 0 Å².